The Morgan fingerprint density at radius 2 is 1.71 bits per heavy atom. The molecule has 2 N–H and O–H groups in total. The predicted octanol–water partition coefficient (Wildman–Crippen LogP) is 2.13. The molecule has 0 amide bonds. The van der Waals surface area contributed by atoms with E-state index in [4.69, 9.17) is 19.6 Å². The van der Waals surface area contributed by atoms with E-state index in [0.717, 1.165) is 5.56 Å². The second-order valence-corrected chi connectivity index (χ2v) is 4.32. The van der Waals surface area contributed by atoms with Gasteiger partial charge in [0.2, 0.25) is 5.76 Å². The second-order valence-electron chi connectivity index (χ2n) is 4.32. The van der Waals surface area contributed by atoms with E-state index in [1.54, 1.807) is 38.5 Å². The van der Waals surface area contributed by atoms with Crippen LogP contribution >= 0.6 is 0 Å². The first kappa shape index (κ1) is 14.9. The van der Waals surface area contributed by atoms with Gasteiger partial charge in [-0.3, -0.25) is 0 Å². The Hall–Kier alpha value is -2.47. The lowest BCUT2D eigenvalue weighted by molar-refractivity contribution is 0.0562. The van der Waals surface area contributed by atoms with E-state index < -0.39 is 12.0 Å². The Bertz CT molecular complexity index is 612. The number of carbonyl (C=O) groups excluding carboxylic acids is 1. The maximum atomic E-state index is 11.4. The molecule has 0 radical (unpaired) electrons. The van der Waals surface area contributed by atoms with Crippen LogP contribution in [-0.4, -0.2) is 27.3 Å². The van der Waals surface area contributed by atoms with Gasteiger partial charge in [0.1, 0.15) is 17.3 Å². The highest BCUT2D eigenvalue weighted by Crippen LogP contribution is 2.29. The predicted molar refractivity (Wildman–Crippen MR) is 75.6 cm³/mol. The molecule has 1 heterocycles. The molecule has 1 aromatic carbocycles. The van der Waals surface area contributed by atoms with Gasteiger partial charge in [-0.05, 0) is 29.8 Å². The molecule has 2 rings (SSSR count). The van der Waals surface area contributed by atoms with Crippen LogP contribution in [0.3, 0.4) is 0 Å². The van der Waals surface area contributed by atoms with Gasteiger partial charge in [0.25, 0.3) is 0 Å². The maximum Gasteiger partial charge on any atom is 0.373 e. The molecule has 21 heavy (non-hydrogen) atoms. The topological polar surface area (TPSA) is 83.9 Å². The quantitative estimate of drug-likeness (QED) is 0.850. The molecule has 0 aliphatic rings. The molecule has 0 saturated carbocycles. The zero-order valence-electron chi connectivity index (χ0n) is 12.1. The van der Waals surface area contributed by atoms with E-state index in [1.165, 1.54) is 13.2 Å². The van der Waals surface area contributed by atoms with Gasteiger partial charge in [-0.25, -0.2) is 4.79 Å². The molecule has 1 aromatic heterocycles. The van der Waals surface area contributed by atoms with Crippen molar-refractivity contribution in [1.29, 1.82) is 0 Å². The van der Waals surface area contributed by atoms with Crippen LogP contribution < -0.4 is 15.2 Å². The molecule has 0 bridgehead atoms. The number of benzene rings is 1. The Labute approximate surface area is 122 Å². The third-order valence-corrected chi connectivity index (χ3v) is 3.05. The van der Waals surface area contributed by atoms with E-state index in [1.807, 2.05) is 0 Å². The Balaban J connectivity index is 2.32. The average molecular weight is 291 g/mol. The molecular formula is C15H17NO5. The normalized spacial score (nSPS) is 11.8. The summed E-state index contributed by atoms with van der Waals surface area (Å²) in [5.74, 6) is 1.26. The van der Waals surface area contributed by atoms with Crippen molar-refractivity contribution in [3.05, 3.63) is 47.4 Å². The van der Waals surface area contributed by atoms with Crippen molar-refractivity contribution in [1.82, 2.24) is 0 Å². The Morgan fingerprint density at radius 3 is 2.24 bits per heavy atom. The summed E-state index contributed by atoms with van der Waals surface area (Å²) in [5.41, 5.74) is 6.91. The summed E-state index contributed by atoms with van der Waals surface area (Å²) in [4.78, 5) is 11.4. The molecule has 0 aliphatic carbocycles. The van der Waals surface area contributed by atoms with Crippen molar-refractivity contribution in [2.45, 2.75) is 6.04 Å². The van der Waals surface area contributed by atoms with Gasteiger partial charge in [-0.1, -0.05) is 0 Å². The highest BCUT2D eigenvalue weighted by Gasteiger charge is 2.18. The fourth-order valence-corrected chi connectivity index (χ4v) is 1.90. The second kappa shape index (κ2) is 6.32. The van der Waals surface area contributed by atoms with Crippen LogP contribution in [0.25, 0.3) is 0 Å². The molecule has 6 nitrogen and oxygen atoms in total. The molecule has 0 spiro atoms. The average Bonchev–Trinajstić information content (AvgIpc) is 3.02. The molecule has 2 aromatic rings. The lowest BCUT2D eigenvalue weighted by atomic mass is 10.0. The molecule has 6 heteroatoms. The number of carbonyl (C=O) groups is 1. The lowest BCUT2D eigenvalue weighted by Crippen LogP contribution is -2.11. The summed E-state index contributed by atoms with van der Waals surface area (Å²) in [5, 5.41) is 0. The first-order chi connectivity index (χ1) is 10.1. The zero-order valence-corrected chi connectivity index (χ0v) is 12.1. The van der Waals surface area contributed by atoms with Crippen LogP contribution in [0.1, 0.15) is 27.9 Å². The van der Waals surface area contributed by atoms with Crippen LogP contribution in [0.2, 0.25) is 0 Å². The molecule has 1 atom stereocenters. The minimum absolute atomic E-state index is 0.109. The molecule has 1 unspecified atom stereocenters. The molecule has 0 aliphatic heterocycles. The van der Waals surface area contributed by atoms with Gasteiger partial charge < -0.3 is 24.4 Å². The maximum absolute atomic E-state index is 11.4. The van der Waals surface area contributed by atoms with E-state index in [-0.39, 0.29) is 5.76 Å². The van der Waals surface area contributed by atoms with Crippen LogP contribution in [0.5, 0.6) is 11.5 Å². The highest BCUT2D eigenvalue weighted by atomic mass is 16.5. The summed E-state index contributed by atoms with van der Waals surface area (Å²) >= 11 is 0. The fourth-order valence-electron chi connectivity index (χ4n) is 1.90. The van der Waals surface area contributed by atoms with Crippen LogP contribution in [0, 0.1) is 0 Å². The van der Waals surface area contributed by atoms with Gasteiger partial charge >= 0.3 is 5.97 Å². The van der Waals surface area contributed by atoms with Crippen molar-refractivity contribution < 1.29 is 23.4 Å². The Morgan fingerprint density at radius 1 is 1.10 bits per heavy atom. The number of furan rings is 1. The monoisotopic (exact) mass is 291 g/mol. The SMILES string of the molecule is COC(=O)c1ccc(C(N)c2cc(OC)cc(OC)c2)o1. The van der Waals surface area contributed by atoms with Crippen LogP contribution in [-0.2, 0) is 4.74 Å². The molecule has 0 saturated heterocycles. The molecule has 112 valence electrons. The van der Waals surface area contributed by atoms with E-state index in [9.17, 15) is 4.79 Å². The van der Waals surface area contributed by atoms with Gasteiger partial charge in [0.05, 0.1) is 27.4 Å². The first-order valence-corrected chi connectivity index (χ1v) is 6.25. The van der Waals surface area contributed by atoms with E-state index in [2.05, 4.69) is 4.74 Å². The number of ether oxygens (including phenoxy) is 3. The van der Waals surface area contributed by atoms with Gasteiger partial charge in [-0.2, -0.15) is 0 Å². The minimum Gasteiger partial charge on any atom is -0.497 e. The van der Waals surface area contributed by atoms with Crippen molar-refractivity contribution in [2.75, 3.05) is 21.3 Å². The third kappa shape index (κ3) is 3.17. The summed E-state index contributed by atoms with van der Waals surface area (Å²) in [6.07, 6.45) is 0. The van der Waals surface area contributed by atoms with Crippen molar-refractivity contribution in [3.63, 3.8) is 0 Å². The first-order valence-electron chi connectivity index (χ1n) is 6.25. The largest absolute Gasteiger partial charge is 0.497 e. The van der Waals surface area contributed by atoms with Crippen molar-refractivity contribution >= 4 is 5.97 Å². The number of rotatable bonds is 5. The number of esters is 1. The van der Waals surface area contributed by atoms with Gasteiger partial charge in [-0.15, -0.1) is 0 Å². The van der Waals surface area contributed by atoms with Gasteiger partial charge in [0.15, 0.2) is 0 Å². The number of hydrogen-bond acceptors (Lipinski definition) is 6. The van der Waals surface area contributed by atoms with Crippen LogP contribution in [0.4, 0.5) is 0 Å². The van der Waals surface area contributed by atoms with E-state index in [0.29, 0.717) is 17.3 Å². The summed E-state index contributed by atoms with van der Waals surface area (Å²) in [6.45, 7) is 0. The van der Waals surface area contributed by atoms with E-state index >= 15 is 0 Å². The highest BCUT2D eigenvalue weighted by molar-refractivity contribution is 5.86. The smallest absolute Gasteiger partial charge is 0.373 e. The standard InChI is InChI=1S/C15H17NO5/c1-18-10-6-9(7-11(8-10)19-2)14(16)12-4-5-13(21-12)15(17)20-3/h4-8,14H,16H2,1-3H3. The van der Waals surface area contributed by atoms with Crippen molar-refractivity contribution in [3.8, 4) is 11.5 Å². The number of methoxy groups -OCH3 is 3. The number of hydrogen-bond donors (Lipinski definition) is 1. The Kier molecular flexibility index (Phi) is 4.49. The van der Waals surface area contributed by atoms with Gasteiger partial charge in [0, 0.05) is 6.07 Å². The lowest BCUT2D eigenvalue weighted by Gasteiger charge is -2.13. The minimum atomic E-state index is -0.549. The summed E-state index contributed by atoms with van der Waals surface area (Å²) in [7, 11) is 4.41. The third-order valence-electron chi connectivity index (χ3n) is 3.05. The fraction of sp³-hybridized carbons (Fsp3) is 0.267. The molecule has 0 fully saturated rings. The zero-order chi connectivity index (χ0) is 15.4. The summed E-state index contributed by atoms with van der Waals surface area (Å²) in [6, 6.07) is 7.94. The van der Waals surface area contributed by atoms with Crippen molar-refractivity contribution in [2.24, 2.45) is 5.73 Å². The summed E-state index contributed by atoms with van der Waals surface area (Å²) < 4.78 is 20.4. The molecular weight excluding hydrogens is 274 g/mol. The number of nitrogens with two attached hydrogens (primary N) is 1. The van der Waals surface area contributed by atoms with Crippen LogP contribution in [0.15, 0.2) is 34.7 Å².